The maximum Gasteiger partial charge on any atom is 0.104 e. The number of nitrogens with zero attached hydrogens (tertiary/aromatic N) is 1. The van der Waals surface area contributed by atoms with E-state index in [1.54, 1.807) is 0 Å². The minimum atomic E-state index is 0.524. The molecule has 0 saturated carbocycles. The smallest absolute Gasteiger partial charge is 0.104 e. The van der Waals surface area contributed by atoms with Crippen LogP contribution >= 0.6 is 0 Å². The van der Waals surface area contributed by atoms with Crippen molar-refractivity contribution in [2.45, 2.75) is 26.7 Å². The highest BCUT2D eigenvalue weighted by Crippen LogP contribution is 2.33. The molecule has 2 heteroatoms. The molecule has 0 spiro atoms. The molecule has 0 fully saturated rings. The summed E-state index contributed by atoms with van der Waals surface area (Å²) in [6.45, 7) is 8.26. The molecule has 1 aliphatic heterocycles. The van der Waals surface area contributed by atoms with E-state index in [1.165, 1.54) is 11.1 Å². The minimum Gasteiger partial charge on any atom is -0.387 e. The predicted molar refractivity (Wildman–Crippen MR) is 105 cm³/mol. The molecule has 0 bridgehead atoms. The van der Waals surface area contributed by atoms with Gasteiger partial charge in [0.05, 0.1) is 5.69 Å². The Morgan fingerprint density at radius 2 is 1.88 bits per heavy atom. The van der Waals surface area contributed by atoms with Crippen LogP contribution in [-0.4, -0.2) is 5.84 Å². The van der Waals surface area contributed by atoms with Gasteiger partial charge in [-0.05, 0) is 35.1 Å². The van der Waals surface area contributed by atoms with E-state index in [9.17, 15) is 0 Å². The molecule has 0 amide bonds. The van der Waals surface area contributed by atoms with Crippen LogP contribution in [0.15, 0.2) is 59.6 Å². The first-order chi connectivity index (χ1) is 11.6. The van der Waals surface area contributed by atoms with Gasteiger partial charge in [0.2, 0.25) is 0 Å². The molecule has 2 aromatic carbocycles. The summed E-state index contributed by atoms with van der Waals surface area (Å²) in [5, 5.41) is 0. The Bertz CT molecular complexity index is 810. The highest BCUT2D eigenvalue weighted by molar-refractivity contribution is 5.91. The van der Waals surface area contributed by atoms with Crippen molar-refractivity contribution < 1.29 is 0 Å². The zero-order chi connectivity index (χ0) is 17.1. The summed E-state index contributed by atoms with van der Waals surface area (Å²) in [5.41, 5.74) is 13.1. The number of aliphatic imine (C=N–C) groups is 1. The van der Waals surface area contributed by atoms with Crippen LogP contribution < -0.4 is 5.73 Å². The van der Waals surface area contributed by atoms with E-state index < -0.39 is 0 Å². The Morgan fingerprint density at radius 3 is 2.54 bits per heavy atom. The Hall–Kier alpha value is -2.61. The van der Waals surface area contributed by atoms with Crippen molar-refractivity contribution in [3.8, 4) is 11.1 Å². The molecule has 3 rings (SSSR count). The topological polar surface area (TPSA) is 38.4 Å². The van der Waals surface area contributed by atoms with Crippen LogP contribution in [0, 0.1) is 5.92 Å². The Balaban J connectivity index is 2.02. The molecule has 24 heavy (non-hydrogen) atoms. The molecule has 2 nitrogen and oxygen atoms in total. The molecule has 1 unspecified atom stereocenters. The first-order valence-electron chi connectivity index (χ1n) is 8.51. The number of amidine groups is 1. The molecular weight excluding hydrogens is 292 g/mol. The second-order valence-electron chi connectivity index (χ2n) is 6.41. The van der Waals surface area contributed by atoms with E-state index in [-0.39, 0.29) is 0 Å². The summed E-state index contributed by atoms with van der Waals surface area (Å²) < 4.78 is 0. The van der Waals surface area contributed by atoms with E-state index in [2.05, 4.69) is 74.0 Å². The van der Waals surface area contributed by atoms with Gasteiger partial charge in [-0.3, -0.25) is 0 Å². The summed E-state index contributed by atoms with van der Waals surface area (Å²) in [6, 6.07) is 14.8. The SMILES string of the molecule is C=Cc1ccc(-c2ccc3c(c2)N=C(N)CC(C(C)CC)=C3)cc1. The zero-order valence-corrected chi connectivity index (χ0v) is 14.4. The van der Waals surface area contributed by atoms with Crippen LogP contribution in [0.25, 0.3) is 23.3 Å². The van der Waals surface area contributed by atoms with Crippen LogP contribution in [0.3, 0.4) is 0 Å². The molecular formula is C22H24N2. The number of hydrogen-bond acceptors (Lipinski definition) is 2. The lowest BCUT2D eigenvalue weighted by Gasteiger charge is -2.12. The fourth-order valence-electron chi connectivity index (χ4n) is 2.99. The fourth-order valence-corrected chi connectivity index (χ4v) is 2.99. The maximum absolute atomic E-state index is 6.16. The number of rotatable bonds is 4. The standard InChI is InChI=1S/C22H24N2/c1-4-15(3)20-12-19-11-10-18(13-21(19)24-22(23)14-20)17-8-6-16(5-2)7-9-17/h5-13,15H,2,4,14H2,1,3H3,(H2,23,24). The molecule has 0 aromatic heterocycles. The average molecular weight is 316 g/mol. The summed E-state index contributed by atoms with van der Waals surface area (Å²) in [6.07, 6.45) is 5.99. The van der Waals surface area contributed by atoms with Gasteiger partial charge >= 0.3 is 0 Å². The first kappa shape index (κ1) is 16.3. The van der Waals surface area contributed by atoms with Gasteiger partial charge in [-0.15, -0.1) is 0 Å². The Morgan fingerprint density at radius 1 is 1.17 bits per heavy atom. The average Bonchev–Trinajstić information content (AvgIpc) is 2.78. The van der Waals surface area contributed by atoms with Crippen LogP contribution in [0.4, 0.5) is 5.69 Å². The minimum absolute atomic E-state index is 0.524. The van der Waals surface area contributed by atoms with Gasteiger partial charge in [-0.1, -0.05) is 74.5 Å². The third-order valence-electron chi connectivity index (χ3n) is 4.75. The number of hydrogen-bond donors (Lipinski definition) is 1. The van der Waals surface area contributed by atoms with Gasteiger partial charge in [0.15, 0.2) is 0 Å². The number of fused-ring (bicyclic) bond motifs is 1. The van der Waals surface area contributed by atoms with E-state index >= 15 is 0 Å². The molecule has 1 atom stereocenters. The third-order valence-corrected chi connectivity index (χ3v) is 4.75. The second kappa shape index (κ2) is 6.88. The monoisotopic (exact) mass is 316 g/mol. The lowest BCUT2D eigenvalue weighted by Crippen LogP contribution is -2.13. The lowest BCUT2D eigenvalue weighted by atomic mass is 9.93. The van der Waals surface area contributed by atoms with Crippen LogP contribution in [-0.2, 0) is 0 Å². The van der Waals surface area contributed by atoms with Gasteiger partial charge in [0.25, 0.3) is 0 Å². The van der Waals surface area contributed by atoms with Gasteiger partial charge in [-0.25, -0.2) is 4.99 Å². The van der Waals surface area contributed by atoms with Crippen LogP contribution in [0.2, 0.25) is 0 Å². The molecule has 1 aliphatic rings. The second-order valence-corrected chi connectivity index (χ2v) is 6.41. The molecule has 0 saturated heterocycles. The van der Waals surface area contributed by atoms with Gasteiger partial charge in [0, 0.05) is 12.0 Å². The van der Waals surface area contributed by atoms with Crippen molar-refractivity contribution in [1.29, 1.82) is 0 Å². The van der Waals surface area contributed by atoms with E-state index in [1.807, 2.05) is 6.08 Å². The normalized spacial score (nSPS) is 14.9. The van der Waals surface area contributed by atoms with Crippen molar-refractivity contribution >= 4 is 23.7 Å². The maximum atomic E-state index is 6.16. The van der Waals surface area contributed by atoms with Crippen LogP contribution in [0.1, 0.15) is 37.8 Å². The third kappa shape index (κ3) is 3.33. The fraction of sp³-hybridized carbons (Fsp3) is 0.227. The molecule has 0 aliphatic carbocycles. The molecule has 2 N–H and O–H groups in total. The van der Waals surface area contributed by atoms with Crippen molar-refractivity contribution in [3.05, 3.63) is 65.7 Å². The summed E-state index contributed by atoms with van der Waals surface area (Å²) in [4.78, 5) is 4.65. The molecule has 0 radical (unpaired) electrons. The van der Waals surface area contributed by atoms with Crippen molar-refractivity contribution in [1.82, 2.24) is 0 Å². The highest BCUT2D eigenvalue weighted by atomic mass is 14.9. The lowest BCUT2D eigenvalue weighted by molar-refractivity contribution is 0.651. The summed E-state index contributed by atoms with van der Waals surface area (Å²) in [5.74, 6) is 1.22. The van der Waals surface area contributed by atoms with Gasteiger partial charge in [0.1, 0.15) is 5.84 Å². The van der Waals surface area contributed by atoms with E-state index in [4.69, 9.17) is 5.73 Å². The molecule has 122 valence electrons. The first-order valence-corrected chi connectivity index (χ1v) is 8.51. The quantitative estimate of drug-likeness (QED) is 0.758. The Kier molecular flexibility index (Phi) is 4.66. The number of benzene rings is 2. The number of nitrogens with two attached hydrogens (primary N) is 1. The van der Waals surface area contributed by atoms with Gasteiger partial charge in [-0.2, -0.15) is 0 Å². The predicted octanol–water partition coefficient (Wildman–Crippen LogP) is 5.82. The van der Waals surface area contributed by atoms with Gasteiger partial charge < -0.3 is 5.73 Å². The Labute approximate surface area is 144 Å². The van der Waals surface area contributed by atoms with Crippen molar-refractivity contribution in [2.75, 3.05) is 0 Å². The molecule has 2 aromatic rings. The largest absolute Gasteiger partial charge is 0.387 e. The highest BCUT2D eigenvalue weighted by Gasteiger charge is 2.14. The van der Waals surface area contributed by atoms with Crippen molar-refractivity contribution in [3.63, 3.8) is 0 Å². The van der Waals surface area contributed by atoms with E-state index in [0.29, 0.717) is 11.8 Å². The summed E-state index contributed by atoms with van der Waals surface area (Å²) >= 11 is 0. The van der Waals surface area contributed by atoms with E-state index in [0.717, 1.165) is 35.2 Å². The van der Waals surface area contributed by atoms with Crippen molar-refractivity contribution in [2.24, 2.45) is 16.6 Å². The zero-order valence-electron chi connectivity index (χ0n) is 14.4. The van der Waals surface area contributed by atoms with Crippen LogP contribution in [0.5, 0.6) is 0 Å². The molecule has 1 heterocycles. The summed E-state index contributed by atoms with van der Waals surface area (Å²) in [7, 11) is 0.